The van der Waals surface area contributed by atoms with Crippen LogP contribution in [0.4, 0.5) is 5.69 Å². The van der Waals surface area contributed by atoms with E-state index in [-0.39, 0.29) is 16.7 Å². The number of rotatable bonds is 8. The van der Waals surface area contributed by atoms with Crippen molar-refractivity contribution in [3.05, 3.63) is 70.2 Å². The van der Waals surface area contributed by atoms with Gasteiger partial charge in [0.15, 0.2) is 0 Å². The van der Waals surface area contributed by atoms with E-state index in [1.165, 1.54) is 50.0 Å². The zero-order valence-corrected chi connectivity index (χ0v) is 19.1. The molecule has 0 atom stereocenters. The summed E-state index contributed by atoms with van der Waals surface area (Å²) in [5.74, 6) is -0.374. The maximum atomic E-state index is 12.1. The van der Waals surface area contributed by atoms with Gasteiger partial charge in [0.25, 0.3) is 0 Å². The number of ether oxygens (including phenoxy) is 3. The van der Waals surface area contributed by atoms with Crippen molar-refractivity contribution in [2.75, 3.05) is 26.1 Å². The molecule has 3 aromatic rings. The van der Waals surface area contributed by atoms with Crippen molar-refractivity contribution in [3.8, 4) is 23.1 Å². The number of nitriles is 1. The SMILES string of the molecule is CCOc1ccc(-c2csc(C(C#N)=CNc3cc(C(=O)OC)ccc3C(=O)OC)n2)cc1. The second-order valence-electron chi connectivity index (χ2n) is 6.55. The molecule has 0 amide bonds. The van der Waals surface area contributed by atoms with Crippen LogP contribution in [0.15, 0.2) is 54.0 Å². The molecule has 33 heavy (non-hydrogen) atoms. The molecule has 0 fully saturated rings. The topological polar surface area (TPSA) is 111 Å². The van der Waals surface area contributed by atoms with E-state index in [0.717, 1.165) is 17.0 Å². The van der Waals surface area contributed by atoms with Crippen LogP contribution in [-0.2, 0) is 9.47 Å². The smallest absolute Gasteiger partial charge is 0.339 e. The number of carbonyl (C=O) groups is 2. The highest BCUT2D eigenvalue weighted by Gasteiger charge is 2.16. The lowest BCUT2D eigenvalue weighted by Crippen LogP contribution is -2.08. The lowest BCUT2D eigenvalue weighted by molar-refractivity contribution is 0.0587. The summed E-state index contributed by atoms with van der Waals surface area (Å²) in [5, 5.41) is 14.9. The Morgan fingerprint density at radius 1 is 1.12 bits per heavy atom. The standard InChI is InChI=1S/C24H21N3O5S/c1-4-32-18-8-5-15(6-9-18)21-14-33-22(27-21)17(12-25)13-26-20-11-16(23(28)30-2)7-10-19(20)24(29)31-3/h5-11,13-14,26H,4H2,1-3H3. The Morgan fingerprint density at radius 2 is 1.85 bits per heavy atom. The number of esters is 2. The first-order valence-electron chi connectivity index (χ1n) is 9.87. The van der Waals surface area contributed by atoms with Crippen LogP contribution >= 0.6 is 11.3 Å². The number of methoxy groups -OCH3 is 2. The highest BCUT2D eigenvalue weighted by atomic mass is 32.1. The highest BCUT2D eigenvalue weighted by molar-refractivity contribution is 7.11. The second kappa shape index (κ2) is 10.9. The van der Waals surface area contributed by atoms with Crippen molar-refractivity contribution in [2.45, 2.75) is 6.92 Å². The van der Waals surface area contributed by atoms with Crippen LogP contribution in [0.5, 0.6) is 5.75 Å². The van der Waals surface area contributed by atoms with Crippen molar-refractivity contribution >= 4 is 34.5 Å². The van der Waals surface area contributed by atoms with Gasteiger partial charge in [0.05, 0.1) is 43.3 Å². The molecule has 0 unspecified atom stereocenters. The molecule has 1 heterocycles. The number of hydrogen-bond donors (Lipinski definition) is 1. The molecule has 9 heteroatoms. The first kappa shape index (κ1) is 23.5. The largest absolute Gasteiger partial charge is 0.494 e. The summed E-state index contributed by atoms with van der Waals surface area (Å²) in [4.78, 5) is 28.5. The normalized spacial score (nSPS) is 10.8. The van der Waals surface area contributed by atoms with Gasteiger partial charge in [-0.2, -0.15) is 5.26 Å². The molecule has 0 bridgehead atoms. The molecule has 0 spiro atoms. The van der Waals surface area contributed by atoms with Crippen molar-refractivity contribution in [1.29, 1.82) is 5.26 Å². The molecule has 1 aromatic heterocycles. The van der Waals surface area contributed by atoms with Gasteiger partial charge >= 0.3 is 11.9 Å². The predicted molar refractivity (Wildman–Crippen MR) is 125 cm³/mol. The van der Waals surface area contributed by atoms with Crippen LogP contribution in [0, 0.1) is 11.3 Å². The van der Waals surface area contributed by atoms with Crippen molar-refractivity contribution in [2.24, 2.45) is 0 Å². The first-order chi connectivity index (χ1) is 16.0. The lowest BCUT2D eigenvalue weighted by Gasteiger charge is -2.10. The number of anilines is 1. The van der Waals surface area contributed by atoms with E-state index in [1.807, 2.05) is 36.6 Å². The van der Waals surface area contributed by atoms with Crippen LogP contribution in [0.3, 0.4) is 0 Å². The molecule has 0 saturated carbocycles. The Bertz CT molecular complexity index is 1230. The van der Waals surface area contributed by atoms with Crippen LogP contribution in [0.1, 0.15) is 32.6 Å². The average Bonchev–Trinajstić information content (AvgIpc) is 3.34. The van der Waals surface area contributed by atoms with Crippen molar-refractivity contribution in [3.63, 3.8) is 0 Å². The zero-order valence-electron chi connectivity index (χ0n) is 18.2. The fourth-order valence-electron chi connectivity index (χ4n) is 2.91. The fourth-order valence-corrected chi connectivity index (χ4v) is 3.70. The molecule has 2 aromatic carbocycles. The maximum Gasteiger partial charge on any atom is 0.339 e. The Morgan fingerprint density at radius 3 is 2.48 bits per heavy atom. The summed E-state index contributed by atoms with van der Waals surface area (Å²) in [5.41, 5.74) is 2.61. The van der Waals surface area contributed by atoms with E-state index in [0.29, 0.717) is 17.3 Å². The molecule has 8 nitrogen and oxygen atoms in total. The van der Waals surface area contributed by atoms with E-state index in [9.17, 15) is 14.9 Å². The molecular formula is C24H21N3O5S. The van der Waals surface area contributed by atoms with Gasteiger partial charge < -0.3 is 19.5 Å². The molecule has 0 aliphatic rings. The number of aromatic nitrogens is 1. The van der Waals surface area contributed by atoms with E-state index < -0.39 is 11.9 Å². The summed E-state index contributed by atoms with van der Waals surface area (Å²) >= 11 is 1.31. The first-order valence-corrected chi connectivity index (χ1v) is 10.7. The monoisotopic (exact) mass is 463 g/mol. The number of thiazole rings is 1. The Labute approximate surface area is 195 Å². The summed E-state index contributed by atoms with van der Waals surface area (Å²) < 4.78 is 15.0. The number of hydrogen-bond acceptors (Lipinski definition) is 9. The molecule has 0 saturated heterocycles. The predicted octanol–water partition coefficient (Wildman–Crippen LogP) is 4.76. The molecule has 0 aliphatic heterocycles. The third-order valence-electron chi connectivity index (χ3n) is 4.53. The van der Waals surface area contributed by atoms with Crippen molar-refractivity contribution in [1.82, 2.24) is 4.98 Å². The fraction of sp³-hybridized carbons (Fsp3) is 0.167. The number of nitrogens with one attached hydrogen (secondary N) is 1. The van der Waals surface area contributed by atoms with Gasteiger partial charge in [0.2, 0.25) is 0 Å². The number of carbonyl (C=O) groups excluding carboxylic acids is 2. The summed E-state index contributed by atoms with van der Waals surface area (Å²) in [7, 11) is 2.52. The molecule has 1 N–H and O–H groups in total. The van der Waals surface area contributed by atoms with Crippen LogP contribution in [-0.4, -0.2) is 37.7 Å². The average molecular weight is 464 g/mol. The summed E-state index contributed by atoms with van der Waals surface area (Å²) in [6, 6.07) is 14.0. The Balaban J connectivity index is 1.88. The van der Waals surface area contributed by atoms with Gasteiger partial charge in [0.1, 0.15) is 22.4 Å². The Kier molecular flexibility index (Phi) is 7.78. The maximum absolute atomic E-state index is 12.1. The van der Waals surface area contributed by atoms with Gasteiger partial charge in [-0.1, -0.05) is 0 Å². The van der Waals surface area contributed by atoms with Gasteiger partial charge in [0, 0.05) is 17.1 Å². The summed E-state index contributed by atoms with van der Waals surface area (Å²) in [6.45, 7) is 2.51. The quantitative estimate of drug-likeness (QED) is 0.376. The molecule has 168 valence electrons. The van der Waals surface area contributed by atoms with E-state index in [4.69, 9.17) is 14.2 Å². The molecule has 0 radical (unpaired) electrons. The molecule has 0 aliphatic carbocycles. The van der Waals surface area contributed by atoms with E-state index >= 15 is 0 Å². The minimum Gasteiger partial charge on any atom is -0.494 e. The number of nitrogens with zero attached hydrogens (tertiary/aromatic N) is 2. The number of allylic oxidation sites excluding steroid dienone is 1. The molecule has 3 rings (SSSR count). The Hall–Kier alpha value is -4.16. The second-order valence-corrected chi connectivity index (χ2v) is 7.41. The minimum absolute atomic E-state index is 0.202. The summed E-state index contributed by atoms with van der Waals surface area (Å²) in [6.07, 6.45) is 1.43. The van der Waals surface area contributed by atoms with Crippen molar-refractivity contribution < 1.29 is 23.8 Å². The van der Waals surface area contributed by atoms with Gasteiger partial charge in [-0.25, -0.2) is 14.6 Å². The molecular weight excluding hydrogens is 442 g/mol. The number of benzene rings is 2. The lowest BCUT2D eigenvalue weighted by atomic mass is 10.1. The third kappa shape index (κ3) is 5.56. The third-order valence-corrected chi connectivity index (χ3v) is 5.41. The van der Waals surface area contributed by atoms with E-state index in [1.54, 1.807) is 0 Å². The highest BCUT2D eigenvalue weighted by Crippen LogP contribution is 2.28. The van der Waals surface area contributed by atoms with Gasteiger partial charge in [-0.05, 0) is 49.4 Å². The minimum atomic E-state index is -0.590. The van der Waals surface area contributed by atoms with Crippen LogP contribution in [0.25, 0.3) is 16.8 Å². The van der Waals surface area contributed by atoms with Crippen LogP contribution < -0.4 is 10.1 Å². The van der Waals surface area contributed by atoms with Gasteiger partial charge in [-0.15, -0.1) is 11.3 Å². The zero-order chi connectivity index (χ0) is 23.8. The van der Waals surface area contributed by atoms with Gasteiger partial charge in [-0.3, -0.25) is 0 Å². The van der Waals surface area contributed by atoms with E-state index in [2.05, 4.69) is 16.4 Å². The van der Waals surface area contributed by atoms with Crippen LogP contribution in [0.2, 0.25) is 0 Å².